The Kier molecular flexibility index (Phi) is 5.06. The second kappa shape index (κ2) is 6.62. The summed E-state index contributed by atoms with van der Waals surface area (Å²) in [5, 5.41) is 20.1. The van der Waals surface area contributed by atoms with E-state index < -0.39 is 6.10 Å². The second-order valence-corrected chi connectivity index (χ2v) is 5.50. The maximum atomic E-state index is 10.6. The predicted octanol–water partition coefficient (Wildman–Crippen LogP) is 2.92. The maximum absolute atomic E-state index is 10.6. The van der Waals surface area contributed by atoms with E-state index in [9.17, 15) is 5.11 Å². The van der Waals surface area contributed by atoms with Crippen LogP contribution < -0.4 is 0 Å². The molecule has 0 aliphatic heterocycles. The normalized spacial score (nSPS) is 12.9. The summed E-state index contributed by atoms with van der Waals surface area (Å²) >= 11 is 6.40. The zero-order chi connectivity index (χ0) is 15.6. The fraction of sp³-hybridized carbons (Fsp3) is 0.600. The fourth-order valence-electron chi connectivity index (χ4n) is 2.59. The van der Waals surface area contributed by atoms with Gasteiger partial charge in [-0.05, 0) is 33.3 Å². The SMILES string of the molecule is CCc1nn(CC)c(CC(O)c2cc(C)nn2CC)c1Cl. The first kappa shape index (κ1) is 16.0. The van der Waals surface area contributed by atoms with Gasteiger partial charge in [-0.3, -0.25) is 9.36 Å². The second-order valence-electron chi connectivity index (χ2n) is 5.12. The first-order valence-corrected chi connectivity index (χ1v) is 7.85. The van der Waals surface area contributed by atoms with Crippen molar-refractivity contribution in [2.75, 3.05) is 0 Å². The standard InChI is InChI=1S/C15H23ClN4O/c1-5-11-15(16)13(20(7-3)18-11)9-14(21)12-8-10(4)17-19(12)6-2/h8,14,21H,5-7,9H2,1-4H3. The third kappa shape index (κ3) is 3.14. The summed E-state index contributed by atoms with van der Waals surface area (Å²) < 4.78 is 3.71. The van der Waals surface area contributed by atoms with Gasteiger partial charge in [0.05, 0.1) is 27.8 Å². The van der Waals surface area contributed by atoms with Crippen LogP contribution in [0.25, 0.3) is 0 Å². The molecule has 2 aromatic heterocycles. The van der Waals surface area contributed by atoms with Crippen LogP contribution in [-0.4, -0.2) is 24.7 Å². The Balaban J connectivity index is 2.30. The van der Waals surface area contributed by atoms with Crippen LogP contribution in [0.15, 0.2) is 6.07 Å². The van der Waals surface area contributed by atoms with Crippen LogP contribution in [0, 0.1) is 6.92 Å². The molecular weight excluding hydrogens is 288 g/mol. The van der Waals surface area contributed by atoms with Gasteiger partial charge in [-0.15, -0.1) is 0 Å². The average Bonchev–Trinajstić information content (AvgIpc) is 3.00. The monoisotopic (exact) mass is 310 g/mol. The molecule has 0 aliphatic carbocycles. The van der Waals surface area contributed by atoms with Crippen molar-refractivity contribution in [2.45, 2.75) is 59.7 Å². The average molecular weight is 311 g/mol. The number of aliphatic hydroxyl groups is 1. The lowest BCUT2D eigenvalue weighted by molar-refractivity contribution is 0.164. The Bertz CT molecular complexity index is 617. The minimum Gasteiger partial charge on any atom is -0.386 e. The van der Waals surface area contributed by atoms with E-state index in [0.29, 0.717) is 11.4 Å². The lowest BCUT2D eigenvalue weighted by atomic mass is 10.1. The number of aryl methyl sites for hydroxylation is 4. The Morgan fingerprint density at radius 2 is 1.86 bits per heavy atom. The summed E-state index contributed by atoms with van der Waals surface area (Å²) in [7, 11) is 0. The van der Waals surface area contributed by atoms with Crippen molar-refractivity contribution in [2.24, 2.45) is 0 Å². The first-order chi connectivity index (χ1) is 10.0. The van der Waals surface area contributed by atoms with Crippen molar-refractivity contribution in [1.82, 2.24) is 19.6 Å². The third-order valence-corrected chi connectivity index (χ3v) is 4.09. The molecule has 1 unspecified atom stereocenters. The molecule has 0 amide bonds. The molecule has 0 aromatic carbocycles. The van der Waals surface area contributed by atoms with Gasteiger partial charge < -0.3 is 5.11 Å². The topological polar surface area (TPSA) is 55.9 Å². The van der Waals surface area contributed by atoms with E-state index in [4.69, 9.17) is 11.6 Å². The number of hydrogen-bond donors (Lipinski definition) is 1. The Hall–Kier alpha value is -1.33. The number of nitrogens with zero attached hydrogens (tertiary/aromatic N) is 4. The first-order valence-electron chi connectivity index (χ1n) is 7.48. The van der Waals surface area contributed by atoms with Crippen molar-refractivity contribution in [3.63, 3.8) is 0 Å². The van der Waals surface area contributed by atoms with Crippen molar-refractivity contribution < 1.29 is 5.11 Å². The van der Waals surface area contributed by atoms with Crippen LogP contribution in [0.3, 0.4) is 0 Å². The number of aromatic nitrogens is 4. The molecule has 0 saturated carbocycles. The van der Waals surface area contributed by atoms with Gasteiger partial charge in [-0.25, -0.2) is 0 Å². The summed E-state index contributed by atoms with van der Waals surface area (Å²) in [6.07, 6.45) is 0.613. The maximum Gasteiger partial charge on any atom is 0.101 e. The summed E-state index contributed by atoms with van der Waals surface area (Å²) in [6.45, 7) is 9.49. The van der Waals surface area contributed by atoms with E-state index in [0.717, 1.165) is 42.3 Å². The predicted molar refractivity (Wildman–Crippen MR) is 83.6 cm³/mol. The number of rotatable bonds is 6. The van der Waals surface area contributed by atoms with Gasteiger partial charge in [0.15, 0.2) is 0 Å². The highest BCUT2D eigenvalue weighted by molar-refractivity contribution is 6.31. The largest absolute Gasteiger partial charge is 0.386 e. The molecule has 2 rings (SSSR count). The number of halogens is 1. The van der Waals surface area contributed by atoms with E-state index in [-0.39, 0.29) is 0 Å². The highest BCUT2D eigenvalue weighted by Gasteiger charge is 2.21. The molecule has 116 valence electrons. The van der Waals surface area contributed by atoms with E-state index in [1.807, 2.05) is 43.1 Å². The quantitative estimate of drug-likeness (QED) is 0.892. The van der Waals surface area contributed by atoms with Crippen LogP contribution in [0.1, 0.15) is 49.7 Å². The third-order valence-electron chi connectivity index (χ3n) is 3.66. The van der Waals surface area contributed by atoms with Gasteiger partial charge >= 0.3 is 0 Å². The minimum atomic E-state index is -0.629. The van der Waals surface area contributed by atoms with E-state index in [2.05, 4.69) is 10.2 Å². The highest BCUT2D eigenvalue weighted by atomic mass is 35.5. The van der Waals surface area contributed by atoms with Gasteiger partial charge in [0.2, 0.25) is 0 Å². The smallest absolute Gasteiger partial charge is 0.101 e. The molecule has 0 radical (unpaired) electrons. The van der Waals surface area contributed by atoms with Crippen LogP contribution >= 0.6 is 11.6 Å². The van der Waals surface area contributed by atoms with Crippen molar-refractivity contribution in [3.05, 3.63) is 33.9 Å². The molecule has 2 heterocycles. The molecule has 21 heavy (non-hydrogen) atoms. The summed E-state index contributed by atoms with van der Waals surface area (Å²) in [5.74, 6) is 0. The Morgan fingerprint density at radius 3 is 2.43 bits per heavy atom. The summed E-state index contributed by atoms with van der Waals surface area (Å²) in [6, 6.07) is 1.93. The molecule has 0 aliphatic rings. The van der Waals surface area contributed by atoms with Crippen LogP contribution in [-0.2, 0) is 25.9 Å². The zero-order valence-electron chi connectivity index (χ0n) is 13.1. The molecule has 5 nitrogen and oxygen atoms in total. The minimum absolute atomic E-state index is 0.449. The van der Waals surface area contributed by atoms with Crippen molar-refractivity contribution in [3.8, 4) is 0 Å². The van der Waals surface area contributed by atoms with Gasteiger partial charge in [0.25, 0.3) is 0 Å². The number of aliphatic hydroxyl groups excluding tert-OH is 1. The molecule has 0 spiro atoms. The van der Waals surface area contributed by atoms with E-state index >= 15 is 0 Å². The van der Waals surface area contributed by atoms with Crippen LogP contribution in [0.2, 0.25) is 5.02 Å². The van der Waals surface area contributed by atoms with Crippen LogP contribution in [0.4, 0.5) is 0 Å². The fourth-order valence-corrected chi connectivity index (χ4v) is 2.93. The zero-order valence-corrected chi connectivity index (χ0v) is 13.9. The summed E-state index contributed by atoms with van der Waals surface area (Å²) in [4.78, 5) is 0. The molecule has 0 saturated heterocycles. The number of hydrogen-bond acceptors (Lipinski definition) is 3. The Labute approximate surface area is 130 Å². The van der Waals surface area contributed by atoms with Gasteiger partial charge in [0.1, 0.15) is 6.10 Å². The highest BCUT2D eigenvalue weighted by Crippen LogP contribution is 2.27. The molecule has 0 bridgehead atoms. The van der Waals surface area contributed by atoms with Gasteiger partial charge in [-0.1, -0.05) is 18.5 Å². The van der Waals surface area contributed by atoms with Crippen LogP contribution in [0.5, 0.6) is 0 Å². The lowest BCUT2D eigenvalue weighted by Gasteiger charge is -2.13. The van der Waals surface area contributed by atoms with Crippen molar-refractivity contribution in [1.29, 1.82) is 0 Å². The molecule has 0 fully saturated rings. The van der Waals surface area contributed by atoms with Gasteiger partial charge in [0, 0.05) is 19.5 Å². The lowest BCUT2D eigenvalue weighted by Crippen LogP contribution is -2.13. The van der Waals surface area contributed by atoms with E-state index in [1.54, 1.807) is 0 Å². The van der Waals surface area contributed by atoms with Gasteiger partial charge in [-0.2, -0.15) is 10.2 Å². The Morgan fingerprint density at radius 1 is 1.19 bits per heavy atom. The van der Waals surface area contributed by atoms with E-state index in [1.165, 1.54) is 0 Å². The molecule has 1 atom stereocenters. The summed E-state index contributed by atoms with van der Waals surface area (Å²) in [5.41, 5.74) is 3.52. The molecule has 1 N–H and O–H groups in total. The molecule has 6 heteroatoms. The molecule has 2 aromatic rings. The van der Waals surface area contributed by atoms with Crippen molar-refractivity contribution >= 4 is 11.6 Å². The molecular formula is C15H23ClN4O.